The van der Waals surface area contributed by atoms with Crippen LogP contribution in [-0.4, -0.2) is 9.78 Å². The average Bonchev–Trinajstić information content (AvgIpc) is 2.62. The van der Waals surface area contributed by atoms with Crippen LogP contribution in [-0.2, 0) is 13.7 Å². The number of ether oxygens (including phenoxy) is 1. The van der Waals surface area contributed by atoms with E-state index >= 15 is 0 Å². The first-order valence-electron chi connectivity index (χ1n) is 5.86. The van der Waals surface area contributed by atoms with Crippen LogP contribution in [0, 0.1) is 20.8 Å². The predicted octanol–water partition coefficient (Wildman–Crippen LogP) is 3.69. The fourth-order valence-electron chi connectivity index (χ4n) is 1.95. The smallest absolute Gasteiger partial charge is 0.130 e. The molecule has 2 aromatic rings. The lowest BCUT2D eigenvalue weighted by molar-refractivity contribution is 0.294. The summed E-state index contributed by atoms with van der Waals surface area (Å²) in [6.07, 6.45) is 0. The molecule has 0 amide bonds. The molecule has 0 fully saturated rings. The van der Waals surface area contributed by atoms with Crippen LogP contribution < -0.4 is 4.74 Å². The summed E-state index contributed by atoms with van der Waals surface area (Å²) in [4.78, 5) is 0. The monoisotopic (exact) mass is 308 g/mol. The Labute approximate surface area is 116 Å². The van der Waals surface area contributed by atoms with E-state index in [1.54, 1.807) is 0 Å². The number of aromatic nitrogens is 2. The first kappa shape index (κ1) is 13.1. The summed E-state index contributed by atoms with van der Waals surface area (Å²) in [6, 6.07) is 6.12. The van der Waals surface area contributed by atoms with E-state index in [-0.39, 0.29) is 0 Å². The molecule has 0 aliphatic rings. The van der Waals surface area contributed by atoms with Gasteiger partial charge < -0.3 is 4.74 Å². The SMILES string of the molecule is Cc1cc(COc2cc(C)c(Br)c(C)c2)n(C)n1. The summed E-state index contributed by atoms with van der Waals surface area (Å²) >= 11 is 3.55. The maximum absolute atomic E-state index is 5.82. The quantitative estimate of drug-likeness (QED) is 0.864. The first-order chi connectivity index (χ1) is 8.47. The van der Waals surface area contributed by atoms with Gasteiger partial charge in [0.15, 0.2) is 0 Å². The highest BCUT2D eigenvalue weighted by Gasteiger charge is 2.06. The number of aryl methyl sites for hydroxylation is 4. The largest absolute Gasteiger partial charge is 0.487 e. The van der Waals surface area contributed by atoms with Gasteiger partial charge in [-0.1, -0.05) is 15.9 Å². The molecule has 0 bridgehead atoms. The third kappa shape index (κ3) is 2.75. The lowest BCUT2D eigenvalue weighted by Crippen LogP contribution is -2.03. The summed E-state index contributed by atoms with van der Waals surface area (Å²) in [5.41, 5.74) is 4.46. The Morgan fingerprint density at radius 3 is 2.28 bits per heavy atom. The normalized spacial score (nSPS) is 10.7. The van der Waals surface area contributed by atoms with Gasteiger partial charge in [0, 0.05) is 11.5 Å². The second-order valence-corrected chi connectivity index (χ2v) is 5.35. The second kappa shape index (κ2) is 5.14. The van der Waals surface area contributed by atoms with Crippen LogP contribution in [0.2, 0.25) is 0 Å². The van der Waals surface area contributed by atoms with Crippen molar-refractivity contribution in [1.29, 1.82) is 0 Å². The first-order valence-corrected chi connectivity index (χ1v) is 6.65. The minimum absolute atomic E-state index is 0.540. The van der Waals surface area contributed by atoms with Gasteiger partial charge in [0.25, 0.3) is 0 Å². The molecule has 1 aromatic heterocycles. The molecule has 0 spiro atoms. The van der Waals surface area contributed by atoms with E-state index in [0.29, 0.717) is 6.61 Å². The van der Waals surface area contributed by atoms with Crippen LogP contribution in [0.15, 0.2) is 22.7 Å². The molecule has 18 heavy (non-hydrogen) atoms. The topological polar surface area (TPSA) is 27.1 Å². The molecule has 1 heterocycles. The van der Waals surface area contributed by atoms with Crippen molar-refractivity contribution in [1.82, 2.24) is 9.78 Å². The Kier molecular flexibility index (Phi) is 3.76. The number of benzene rings is 1. The van der Waals surface area contributed by atoms with Crippen LogP contribution in [0.1, 0.15) is 22.5 Å². The Morgan fingerprint density at radius 1 is 1.17 bits per heavy atom. The molecular weight excluding hydrogens is 292 g/mol. The maximum atomic E-state index is 5.82. The van der Waals surface area contributed by atoms with Crippen LogP contribution in [0.5, 0.6) is 5.75 Å². The predicted molar refractivity (Wildman–Crippen MR) is 75.9 cm³/mol. The molecule has 0 aliphatic carbocycles. The zero-order chi connectivity index (χ0) is 13.3. The number of rotatable bonds is 3. The van der Waals surface area contributed by atoms with Crippen LogP contribution in [0.3, 0.4) is 0 Å². The minimum atomic E-state index is 0.540. The van der Waals surface area contributed by atoms with Gasteiger partial charge in [-0.25, -0.2) is 0 Å². The molecule has 1 aromatic carbocycles. The molecular formula is C14H17BrN2O. The molecule has 2 rings (SSSR count). The van der Waals surface area contributed by atoms with Crippen molar-refractivity contribution in [3.05, 3.63) is 45.2 Å². The summed E-state index contributed by atoms with van der Waals surface area (Å²) in [6.45, 7) is 6.66. The maximum Gasteiger partial charge on any atom is 0.130 e. The van der Waals surface area contributed by atoms with E-state index in [1.807, 2.05) is 36.9 Å². The minimum Gasteiger partial charge on any atom is -0.487 e. The van der Waals surface area contributed by atoms with Crippen LogP contribution in [0.25, 0.3) is 0 Å². The Hall–Kier alpha value is -1.29. The zero-order valence-corrected chi connectivity index (χ0v) is 12.7. The molecule has 0 saturated carbocycles. The van der Waals surface area contributed by atoms with E-state index in [0.717, 1.165) is 21.6 Å². The zero-order valence-electron chi connectivity index (χ0n) is 11.1. The number of hydrogen-bond donors (Lipinski definition) is 0. The number of hydrogen-bond acceptors (Lipinski definition) is 2. The van der Waals surface area contributed by atoms with Crippen molar-refractivity contribution in [2.24, 2.45) is 7.05 Å². The van der Waals surface area contributed by atoms with Crippen molar-refractivity contribution < 1.29 is 4.74 Å². The van der Waals surface area contributed by atoms with Gasteiger partial charge in [0.1, 0.15) is 12.4 Å². The molecule has 0 radical (unpaired) electrons. The Bertz CT molecular complexity index is 552. The van der Waals surface area contributed by atoms with E-state index in [4.69, 9.17) is 4.74 Å². The van der Waals surface area contributed by atoms with Gasteiger partial charge in [0.05, 0.1) is 11.4 Å². The van der Waals surface area contributed by atoms with Gasteiger partial charge >= 0.3 is 0 Å². The molecule has 4 heteroatoms. The summed E-state index contributed by atoms with van der Waals surface area (Å²) in [5.74, 6) is 0.895. The third-order valence-electron chi connectivity index (χ3n) is 2.90. The average molecular weight is 309 g/mol. The van der Waals surface area contributed by atoms with E-state index in [1.165, 1.54) is 11.1 Å². The van der Waals surface area contributed by atoms with Gasteiger partial charge in [-0.05, 0) is 50.1 Å². The summed E-state index contributed by atoms with van der Waals surface area (Å²) in [5, 5.41) is 4.30. The molecule has 3 nitrogen and oxygen atoms in total. The highest BCUT2D eigenvalue weighted by atomic mass is 79.9. The van der Waals surface area contributed by atoms with Crippen molar-refractivity contribution in [3.63, 3.8) is 0 Å². The van der Waals surface area contributed by atoms with Crippen LogP contribution >= 0.6 is 15.9 Å². The van der Waals surface area contributed by atoms with Gasteiger partial charge in [-0.15, -0.1) is 0 Å². The van der Waals surface area contributed by atoms with E-state index in [9.17, 15) is 0 Å². The molecule has 0 atom stereocenters. The lowest BCUT2D eigenvalue weighted by atomic mass is 10.1. The Balaban J connectivity index is 2.13. The fraction of sp³-hybridized carbons (Fsp3) is 0.357. The molecule has 0 aliphatic heterocycles. The lowest BCUT2D eigenvalue weighted by Gasteiger charge is -2.10. The number of nitrogens with zero attached hydrogens (tertiary/aromatic N) is 2. The summed E-state index contributed by atoms with van der Waals surface area (Å²) < 4.78 is 8.82. The fourth-order valence-corrected chi connectivity index (χ4v) is 2.18. The third-order valence-corrected chi connectivity index (χ3v) is 4.15. The standard InChI is InChI=1S/C14H17BrN2O/c1-9-5-13(6-10(2)14(9)15)18-8-12-7-11(3)16-17(12)4/h5-7H,8H2,1-4H3. The van der Waals surface area contributed by atoms with E-state index < -0.39 is 0 Å². The van der Waals surface area contributed by atoms with Crippen molar-refractivity contribution in [3.8, 4) is 5.75 Å². The van der Waals surface area contributed by atoms with Gasteiger partial charge in [-0.3, -0.25) is 4.68 Å². The van der Waals surface area contributed by atoms with Gasteiger partial charge in [-0.2, -0.15) is 5.10 Å². The van der Waals surface area contributed by atoms with Crippen molar-refractivity contribution in [2.75, 3.05) is 0 Å². The number of halogens is 1. The molecule has 0 N–H and O–H groups in total. The van der Waals surface area contributed by atoms with E-state index in [2.05, 4.69) is 34.9 Å². The molecule has 0 unspecified atom stereocenters. The van der Waals surface area contributed by atoms with Gasteiger partial charge in [0.2, 0.25) is 0 Å². The summed E-state index contributed by atoms with van der Waals surface area (Å²) in [7, 11) is 1.93. The highest BCUT2D eigenvalue weighted by Crippen LogP contribution is 2.26. The van der Waals surface area contributed by atoms with Crippen molar-refractivity contribution >= 4 is 15.9 Å². The molecule has 96 valence electrons. The van der Waals surface area contributed by atoms with Crippen molar-refractivity contribution in [2.45, 2.75) is 27.4 Å². The van der Waals surface area contributed by atoms with Crippen LogP contribution in [0.4, 0.5) is 0 Å². The molecule has 0 saturated heterocycles. The second-order valence-electron chi connectivity index (χ2n) is 4.56. The highest BCUT2D eigenvalue weighted by molar-refractivity contribution is 9.10. The Morgan fingerprint density at radius 2 is 1.78 bits per heavy atom.